The summed E-state index contributed by atoms with van der Waals surface area (Å²) in [7, 11) is 0. The molecule has 0 atom stereocenters. The fraction of sp³-hybridized carbons (Fsp3) is 0.462. The van der Waals surface area contributed by atoms with Crippen molar-refractivity contribution in [3.05, 3.63) is 22.7 Å². The van der Waals surface area contributed by atoms with E-state index in [1.165, 1.54) is 6.07 Å². The topological polar surface area (TPSA) is 61.5 Å². The first-order valence-corrected chi connectivity index (χ1v) is 6.22. The minimum atomic E-state index is -0.481. The van der Waals surface area contributed by atoms with Crippen LogP contribution in [0.15, 0.2) is 12.1 Å². The molecule has 0 spiro atoms. The molecule has 5 heteroatoms. The second kappa shape index (κ2) is 6.50. The highest BCUT2D eigenvalue weighted by molar-refractivity contribution is 6.33. The first-order chi connectivity index (χ1) is 8.45. The van der Waals surface area contributed by atoms with Crippen molar-refractivity contribution in [2.24, 2.45) is 5.92 Å². The maximum absolute atomic E-state index is 11.8. The van der Waals surface area contributed by atoms with Crippen LogP contribution in [0.4, 0.5) is 5.69 Å². The number of hydrogen-bond acceptors (Lipinski definition) is 4. The van der Waals surface area contributed by atoms with Gasteiger partial charge >= 0.3 is 5.97 Å². The number of nitrogen functional groups attached to an aromatic ring is 1. The Balaban J connectivity index is 3.08. The highest BCUT2D eigenvalue weighted by atomic mass is 35.5. The van der Waals surface area contributed by atoms with E-state index in [4.69, 9.17) is 26.8 Å². The summed E-state index contributed by atoms with van der Waals surface area (Å²) in [5.74, 6) is 0.178. The molecule has 0 unspecified atom stereocenters. The molecule has 100 valence electrons. The number of anilines is 1. The van der Waals surface area contributed by atoms with Gasteiger partial charge < -0.3 is 15.2 Å². The Hall–Kier alpha value is -1.42. The molecule has 0 aromatic heterocycles. The standard InChI is InChI=1S/C13H18ClNO3/c1-4-17-13(16)10-5-9(15)6-11(14)12(10)18-7-8(2)3/h5-6,8H,4,7,15H2,1-3H3. The van der Waals surface area contributed by atoms with E-state index in [-0.39, 0.29) is 12.2 Å². The maximum Gasteiger partial charge on any atom is 0.342 e. The summed E-state index contributed by atoms with van der Waals surface area (Å²) in [5, 5.41) is 0.318. The number of halogens is 1. The highest BCUT2D eigenvalue weighted by Gasteiger charge is 2.18. The molecule has 0 aliphatic heterocycles. The smallest absolute Gasteiger partial charge is 0.342 e. The van der Waals surface area contributed by atoms with Crippen LogP contribution in [0.25, 0.3) is 0 Å². The molecule has 0 aliphatic carbocycles. The van der Waals surface area contributed by atoms with E-state index >= 15 is 0 Å². The Bertz CT molecular complexity index is 432. The minimum Gasteiger partial charge on any atom is -0.491 e. The van der Waals surface area contributed by atoms with Gasteiger partial charge in [0.25, 0.3) is 0 Å². The van der Waals surface area contributed by atoms with Crippen LogP contribution in [-0.4, -0.2) is 19.2 Å². The number of esters is 1. The number of hydrogen-bond donors (Lipinski definition) is 1. The minimum absolute atomic E-state index is 0.266. The average molecular weight is 272 g/mol. The Morgan fingerprint density at radius 2 is 2.11 bits per heavy atom. The number of benzene rings is 1. The fourth-order valence-electron chi connectivity index (χ4n) is 1.37. The Labute approximate surface area is 112 Å². The van der Waals surface area contributed by atoms with Crippen molar-refractivity contribution < 1.29 is 14.3 Å². The monoisotopic (exact) mass is 271 g/mol. The largest absolute Gasteiger partial charge is 0.491 e. The van der Waals surface area contributed by atoms with Crippen LogP contribution in [0.3, 0.4) is 0 Å². The molecule has 0 amide bonds. The maximum atomic E-state index is 11.8. The summed E-state index contributed by atoms with van der Waals surface area (Å²) >= 11 is 6.05. The van der Waals surface area contributed by atoms with Gasteiger partial charge in [0.2, 0.25) is 0 Å². The van der Waals surface area contributed by atoms with Crippen LogP contribution >= 0.6 is 11.6 Å². The number of nitrogens with two attached hydrogens (primary N) is 1. The van der Waals surface area contributed by atoms with Crippen LogP contribution < -0.4 is 10.5 Å². The van der Waals surface area contributed by atoms with Gasteiger partial charge in [0.15, 0.2) is 5.75 Å². The zero-order valence-electron chi connectivity index (χ0n) is 10.8. The predicted molar refractivity (Wildman–Crippen MR) is 72.2 cm³/mol. The molecule has 0 heterocycles. The van der Waals surface area contributed by atoms with E-state index in [2.05, 4.69) is 0 Å². The summed E-state index contributed by atoms with van der Waals surface area (Å²) in [5.41, 5.74) is 6.34. The molecular formula is C13H18ClNO3. The summed E-state index contributed by atoms with van der Waals surface area (Å²) < 4.78 is 10.5. The Morgan fingerprint density at radius 1 is 1.44 bits per heavy atom. The van der Waals surface area contributed by atoms with E-state index in [1.54, 1.807) is 13.0 Å². The lowest BCUT2D eigenvalue weighted by molar-refractivity contribution is 0.0521. The third-order valence-electron chi connectivity index (χ3n) is 2.12. The third-order valence-corrected chi connectivity index (χ3v) is 2.40. The van der Waals surface area contributed by atoms with Crippen molar-refractivity contribution in [1.29, 1.82) is 0 Å². The molecule has 1 aromatic rings. The second-order valence-corrected chi connectivity index (χ2v) is 4.71. The normalized spacial score (nSPS) is 10.5. The van der Waals surface area contributed by atoms with Crippen LogP contribution in [-0.2, 0) is 4.74 Å². The van der Waals surface area contributed by atoms with Gasteiger partial charge in [-0.25, -0.2) is 4.79 Å². The van der Waals surface area contributed by atoms with Gasteiger partial charge in [0, 0.05) is 5.69 Å². The molecule has 1 rings (SSSR count). The molecule has 0 radical (unpaired) electrons. The van der Waals surface area contributed by atoms with Crippen molar-refractivity contribution in [2.45, 2.75) is 20.8 Å². The predicted octanol–water partition coefficient (Wildman–Crippen LogP) is 3.13. The molecule has 0 fully saturated rings. The molecule has 0 saturated heterocycles. The zero-order chi connectivity index (χ0) is 13.7. The van der Waals surface area contributed by atoms with Gasteiger partial charge in [-0.15, -0.1) is 0 Å². The second-order valence-electron chi connectivity index (χ2n) is 4.30. The molecule has 1 aromatic carbocycles. The van der Waals surface area contributed by atoms with Crippen LogP contribution in [0.2, 0.25) is 5.02 Å². The van der Waals surface area contributed by atoms with Gasteiger partial charge in [0.05, 0.1) is 18.2 Å². The van der Waals surface area contributed by atoms with E-state index < -0.39 is 5.97 Å². The highest BCUT2D eigenvalue weighted by Crippen LogP contribution is 2.32. The van der Waals surface area contributed by atoms with Gasteiger partial charge in [0.1, 0.15) is 5.56 Å². The lowest BCUT2D eigenvalue weighted by atomic mass is 10.1. The van der Waals surface area contributed by atoms with Crippen molar-refractivity contribution in [3.63, 3.8) is 0 Å². The van der Waals surface area contributed by atoms with Gasteiger partial charge in [-0.05, 0) is 25.0 Å². The van der Waals surface area contributed by atoms with Crippen LogP contribution in [0, 0.1) is 5.92 Å². The fourth-order valence-corrected chi connectivity index (χ4v) is 1.65. The first kappa shape index (κ1) is 14.6. The number of carbonyl (C=O) groups excluding carboxylic acids is 1. The van der Waals surface area contributed by atoms with E-state index in [0.717, 1.165) is 0 Å². The summed E-state index contributed by atoms with van der Waals surface area (Å²) in [6.45, 7) is 6.51. The Morgan fingerprint density at radius 3 is 2.67 bits per heavy atom. The van der Waals surface area contributed by atoms with E-state index in [0.29, 0.717) is 29.0 Å². The number of ether oxygens (including phenoxy) is 2. The lowest BCUT2D eigenvalue weighted by Gasteiger charge is -2.14. The number of rotatable bonds is 5. The lowest BCUT2D eigenvalue weighted by Crippen LogP contribution is -2.12. The quantitative estimate of drug-likeness (QED) is 0.660. The zero-order valence-corrected chi connectivity index (χ0v) is 11.6. The van der Waals surface area contributed by atoms with Gasteiger partial charge in [-0.1, -0.05) is 25.4 Å². The summed E-state index contributed by atoms with van der Waals surface area (Å²) in [6.07, 6.45) is 0. The van der Waals surface area contributed by atoms with Crippen LogP contribution in [0.5, 0.6) is 5.75 Å². The third kappa shape index (κ3) is 3.81. The van der Waals surface area contributed by atoms with E-state index in [1.807, 2.05) is 13.8 Å². The van der Waals surface area contributed by atoms with Crippen molar-refractivity contribution in [2.75, 3.05) is 18.9 Å². The Kier molecular flexibility index (Phi) is 5.28. The van der Waals surface area contributed by atoms with E-state index in [9.17, 15) is 4.79 Å². The molecule has 0 saturated carbocycles. The molecule has 2 N–H and O–H groups in total. The molecular weight excluding hydrogens is 254 g/mol. The first-order valence-electron chi connectivity index (χ1n) is 5.84. The van der Waals surface area contributed by atoms with Crippen molar-refractivity contribution >= 4 is 23.3 Å². The average Bonchev–Trinajstić information content (AvgIpc) is 2.26. The van der Waals surface area contributed by atoms with Crippen LogP contribution in [0.1, 0.15) is 31.1 Å². The molecule has 0 bridgehead atoms. The van der Waals surface area contributed by atoms with Gasteiger partial charge in [-0.2, -0.15) is 0 Å². The summed E-state index contributed by atoms with van der Waals surface area (Å²) in [4.78, 5) is 11.8. The van der Waals surface area contributed by atoms with Crippen molar-refractivity contribution in [1.82, 2.24) is 0 Å². The SMILES string of the molecule is CCOC(=O)c1cc(N)cc(Cl)c1OCC(C)C. The molecule has 18 heavy (non-hydrogen) atoms. The van der Waals surface area contributed by atoms with Crippen molar-refractivity contribution in [3.8, 4) is 5.75 Å². The summed E-state index contributed by atoms with van der Waals surface area (Å²) in [6, 6.07) is 3.07. The van der Waals surface area contributed by atoms with Gasteiger partial charge in [-0.3, -0.25) is 0 Å². The molecule has 0 aliphatic rings. The molecule has 4 nitrogen and oxygen atoms in total. The number of carbonyl (C=O) groups is 1.